The summed E-state index contributed by atoms with van der Waals surface area (Å²) in [6.45, 7) is 10.5. The third-order valence-corrected chi connectivity index (χ3v) is 6.77. The second kappa shape index (κ2) is 6.37. The fourth-order valence-electron chi connectivity index (χ4n) is 4.97. The minimum absolute atomic E-state index is 0.252. The summed E-state index contributed by atoms with van der Waals surface area (Å²) in [7, 11) is 0. The molecule has 1 N–H and O–H groups in total. The van der Waals surface area contributed by atoms with E-state index in [4.69, 9.17) is 4.74 Å². The van der Waals surface area contributed by atoms with Crippen LogP contribution in [0.15, 0.2) is 48.0 Å². The van der Waals surface area contributed by atoms with Crippen LogP contribution in [0.5, 0.6) is 11.5 Å². The maximum absolute atomic E-state index is 13.8. The van der Waals surface area contributed by atoms with Crippen LogP contribution in [0.2, 0.25) is 0 Å². The third kappa shape index (κ3) is 3.01. The lowest BCUT2D eigenvalue weighted by Crippen LogP contribution is -2.45. The van der Waals surface area contributed by atoms with Crippen molar-refractivity contribution in [2.24, 2.45) is 5.92 Å². The molecule has 2 aliphatic rings. The zero-order chi connectivity index (χ0) is 20.3. The largest absolute Gasteiger partial charge is 0.508 e. The second-order valence-corrected chi connectivity index (χ2v) is 9.45. The summed E-state index contributed by atoms with van der Waals surface area (Å²) in [5.41, 5.74) is 3.33. The topological polar surface area (TPSA) is 29.5 Å². The molecule has 1 aliphatic carbocycles. The monoisotopic (exact) mass is 380 g/mol. The van der Waals surface area contributed by atoms with E-state index < -0.39 is 5.41 Å². The summed E-state index contributed by atoms with van der Waals surface area (Å²) in [5.74, 6) is 1.40. The Balaban J connectivity index is 1.83. The first-order chi connectivity index (χ1) is 13.1. The maximum Gasteiger partial charge on any atom is 0.127 e. The van der Waals surface area contributed by atoms with Crippen LogP contribution in [0.1, 0.15) is 70.1 Å². The van der Waals surface area contributed by atoms with Gasteiger partial charge in [-0.25, -0.2) is 4.39 Å². The molecular weight excluding hydrogens is 351 g/mol. The Morgan fingerprint density at radius 3 is 2.61 bits per heavy atom. The molecular formula is C25H29FO2. The molecule has 4 rings (SSSR count). The molecule has 28 heavy (non-hydrogen) atoms. The molecule has 0 saturated heterocycles. The Labute approximate surface area is 167 Å². The van der Waals surface area contributed by atoms with Crippen molar-refractivity contribution in [2.45, 2.75) is 64.4 Å². The average molecular weight is 381 g/mol. The molecule has 0 amide bonds. The van der Waals surface area contributed by atoms with Gasteiger partial charge in [-0.05, 0) is 69.0 Å². The maximum atomic E-state index is 13.8. The predicted octanol–water partition coefficient (Wildman–Crippen LogP) is 6.47. The number of allylic oxidation sites excluding steroid dienone is 2. The molecule has 2 nitrogen and oxygen atoms in total. The van der Waals surface area contributed by atoms with Gasteiger partial charge in [0.1, 0.15) is 22.9 Å². The lowest BCUT2D eigenvalue weighted by molar-refractivity contribution is 0.00745. The molecule has 0 aromatic heterocycles. The van der Waals surface area contributed by atoms with Gasteiger partial charge in [0, 0.05) is 22.8 Å². The molecule has 148 valence electrons. The van der Waals surface area contributed by atoms with Crippen LogP contribution in [0.3, 0.4) is 0 Å². The standard InChI is InChI=1S/C25H29FO2/c1-15-9-10-20-19(11-15)23-21(27)13-17(14-22(23)28-25(20,4)5)24(2,3)16-7-6-8-18(26)12-16/h6-9,12-14,19-20,27H,10-11H2,1-5H3. The van der Waals surface area contributed by atoms with Crippen LogP contribution in [0, 0.1) is 11.7 Å². The van der Waals surface area contributed by atoms with E-state index in [1.807, 2.05) is 32.0 Å². The summed E-state index contributed by atoms with van der Waals surface area (Å²) < 4.78 is 20.2. The van der Waals surface area contributed by atoms with E-state index in [0.717, 1.165) is 35.3 Å². The van der Waals surface area contributed by atoms with Gasteiger partial charge in [-0.15, -0.1) is 0 Å². The number of phenolic OH excluding ortho intramolecular Hbond substituents is 1. The van der Waals surface area contributed by atoms with Crippen LogP contribution in [0.4, 0.5) is 4.39 Å². The van der Waals surface area contributed by atoms with Crippen molar-refractivity contribution in [3.05, 3.63) is 70.6 Å². The highest BCUT2D eigenvalue weighted by Crippen LogP contribution is 2.55. The molecule has 0 fully saturated rings. The molecule has 0 spiro atoms. The fraction of sp³-hybridized carbons (Fsp3) is 0.440. The Hall–Kier alpha value is -2.29. The number of hydrogen-bond donors (Lipinski definition) is 1. The first kappa shape index (κ1) is 19.0. The van der Waals surface area contributed by atoms with E-state index in [9.17, 15) is 9.50 Å². The number of fused-ring (bicyclic) bond motifs is 3. The van der Waals surface area contributed by atoms with Crippen molar-refractivity contribution < 1.29 is 14.2 Å². The van der Waals surface area contributed by atoms with Crippen molar-refractivity contribution in [1.82, 2.24) is 0 Å². The number of ether oxygens (including phenoxy) is 1. The van der Waals surface area contributed by atoms with Gasteiger partial charge < -0.3 is 9.84 Å². The fourth-order valence-corrected chi connectivity index (χ4v) is 4.97. The van der Waals surface area contributed by atoms with Gasteiger partial charge >= 0.3 is 0 Å². The minimum Gasteiger partial charge on any atom is -0.508 e. The van der Waals surface area contributed by atoms with Crippen molar-refractivity contribution >= 4 is 0 Å². The smallest absolute Gasteiger partial charge is 0.127 e. The summed E-state index contributed by atoms with van der Waals surface area (Å²) in [5, 5.41) is 11.0. The lowest BCUT2D eigenvalue weighted by Gasteiger charge is -2.47. The van der Waals surface area contributed by atoms with Crippen molar-refractivity contribution in [1.29, 1.82) is 0 Å². The molecule has 2 aromatic carbocycles. The number of hydrogen-bond acceptors (Lipinski definition) is 2. The number of aromatic hydroxyl groups is 1. The van der Waals surface area contributed by atoms with Crippen LogP contribution in [-0.4, -0.2) is 10.7 Å². The number of phenols is 1. The normalized spacial score (nSPS) is 23.3. The highest BCUT2D eigenvalue weighted by atomic mass is 19.1. The third-order valence-electron chi connectivity index (χ3n) is 6.77. The van der Waals surface area contributed by atoms with E-state index in [-0.39, 0.29) is 23.1 Å². The Morgan fingerprint density at radius 1 is 1.14 bits per heavy atom. The first-order valence-corrected chi connectivity index (χ1v) is 10.1. The van der Waals surface area contributed by atoms with Crippen molar-refractivity contribution in [3.8, 4) is 11.5 Å². The number of halogens is 1. The van der Waals surface area contributed by atoms with Crippen LogP contribution < -0.4 is 4.74 Å². The molecule has 2 atom stereocenters. The van der Waals surface area contributed by atoms with E-state index in [0.29, 0.717) is 5.92 Å². The van der Waals surface area contributed by atoms with Gasteiger partial charge in [0.25, 0.3) is 0 Å². The highest BCUT2D eigenvalue weighted by Gasteiger charge is 2.46. The van der Waals surface area contributed by atoms with E-state index >= 15 is 0 Å². The lowest BCUT2D eigenvalue weighted by atomic mass is 9.66. The zero-order valence-corrected chi connectivity index (χ0v) is 17.3. The van der Waals surface area contributed by atoms with Gasteiger partial charge in [-0.3, -0.25) is 0 Å². The van der Waals surface area contributed by atoms with E-state index in [2.05, 4.69) is 26.8 Å². The highest BCUT2D eigenvalue weighted by molar-refractivity contribution is 5.55. The molecule has 2 unspecified atom stereocenters. The van der Waals surface area contributed by atoms with Gasteiger partial charge in [0.2, 0.25) is 0 Å². The van der Waals surface area contributed by atoms with Crippen molar-refractivity contribution in [2.75, 3.05) is 0 Å². The second-order valence-electron chi connectivity index (χ2n) is 9.45. The Bertz CT molecular complexity index is 955. The van der Waals surface area contributed by atoms with Crippen LogP contribution in [0.25, 0.3) is 0 Å². The van der Waals surface area contributed by atoms with Gasteiger partial charge in [-0.1, -0.05) is 37.6 Å². The minimum atomic E-state index is -0.457. The van der Waals surface area contributed by atoms with E-state index in [1.165, 1.54) is 11.6 Å². The summed E-state index contributed by atoms with van der Waals surface area (Å²) in [6, 6.07) is 10.6. The molecule has 0 radical (unpaired) electrons. The molecule has 0 bridgehead atoms. The SMILES string of the molecule is CC1=CCC2C(C1)c1c(O)cc(C(C)(C)c3cccc(F)c3)cc1OC2(C)C. The van der Waals surface area contributed by atoms with Crippen LogP contribution >= 0.6 is 0 Å². The summed E-state index contributed by atoms with van der Waals surface area (Å²) in [4.78, 5) is 0. The number of rotatable bonds is 2. The van der Waals surface area contributed by atoms with Gasteiger partial charge in [-0.2, -0.15) is 0 Å². The van der Waals surface area contributed by atoms with Crippen molar-refractivity contribution in [3.63, 3.8) is 0 Å². The van der Waals surface area contributed by atoms with Gasteiger partial charge in [0.05, 0.1) is 0 Å². The zero-order valence-electron chi connectivity index (χ0n) is 17.3. The number of benzene rings is 2. The van der Waals surface area contributed by atoms with E-state index in [1.54, 1.807) is 12.1 Å². The molecule has 0 saturated carbocycles. The predicted molar refractivity (Wildman–Crippen MR) is 111 cm³/mol. The average Bonchev–Trinajstić information content (AvgIpc) is 2.60. The Morgan fingerprint density at radius 2 is 1.89 bits per heavy atom. The first-order valence-electron chi connectivity index (χ1n) is 10.1. The quantitative estimate of drug-likeness (QED) is 0.605. The molecule has 3 heteroatoms. The molecule has 2 aromatic rings. The summed E-state index contributed by atoms with van der Waals surface area (Å²) in [6.07, 6.45) is 4.22. The summed E-state index contributed by atoms with van der Waals surface area (Å²) >= 11 is 0. The molecule has 1 heterocycles. The van der Waals surface area contributed by atoms with Gasteiger partial charge in [0.15, 0.2) is 0 Å². The molecule has 1 aliphatic heterocycles. The Kier molecular flexibility index (Phi) is 4.33. The van der Waals surface area contributed by atoms with Crippen LogP contribution in [-0.2, 0) is 5.41 Å².